The Morgan fingerprint density at radius 2 is 2.20 bits per heavy atom. The predicted molar refractivity (Wildman–Crippen MR) is 81.9 cm³/mol. The highest BCUT2D eigenvalue weighted by Crippen LogP contribution is 2.20. The third kappa shape index (κ3) is 3.94. The fourth-order valence-corrected chi connectivity index (χ4v) is 3.95. The highest BCUT2D eigenvalue weighted by atomic mass is 32.2. The van der Waals surface area contributed by atoms with Crippen LogP contribution in [0.3, 0.4) is 0 Å². The number of nitrogens with zero attached hydrogens (tertiary/aromatic N) is 1. The van der Waals surface area contributed by atoms with Crippen LogP contribution >= 0.6 is 0 Å². The van der Waals surface area contributed by atoms with Crippen molar-refractivity contribution in [1.82, 2.24) is 9.62 Å². The molecule has 1 fully saturated rings. The van der Waals surface area contributed by atoms with E-state index in [1.165, 1.54) is 0 Å². The van der Waals surface area contributed by atoms with Gasteiger partial charge < -0.3 is 5.32 Å². The number of hydrogen-bond donors (Lipinski definition) is 2. The second-order valence-corrected chi connectivity index (χ2v) is 7.07. The summed E-state index contributed by atoms with van der Waals surface area (Å²) in [6, 6.07) is 7.42. The van der Waals surface area contributed by atoms with Crippen LogP contribution in [0.4, 0.5) is 5.69 Å². The molecule has 0 spiro atoms. The monoisotopic (exact) mass is 297 g/mol. The molecule has 2 rings (SSSR count). The third-order valence-corrected chi connectivity index (χ3v) is 5.08. The molecule has 2 N–H and O–H groups in total. The molecule has 0 aromatic heterocycles. The zero-order chi connectivity index (χ0) is 14.6. The number of aryl methyl sites for hydroxylation is 1. The van der Waals surface area contributed by atoms with Crippen LogP contribution in [-0.4, -0.2) is 39.4 Å². The van der Waals surface area contributed by atoms with Gasteiger partial charge in [0.15, 0.2) is 0 Å². The summed E-state index contributed by atoms with van der Waals surface area (Å²) in [5, 5.41) is 3.12. The van der Waals surface area contributed by atoms with Crippen LogP contribution in [0.25, 0.3) is 0 Å². The molecule has 1 aromatic rings. The highest BCUT2D eigenvalue weighted by molar-refractivity contribution is 7.90. The number of anilines is 1. The van der Waals surface area contributed by atoms with Gasteiger partial charge in [0.1, 0.15) is 0 Å². The summed E-state index contributed by atoms with van der Waals surface area (Å²) in [4.78, 5) is 0. The molecule has 112 valence electrons. The first-order valence-corrected chi connectivity index (χ1v) is 8.44. The lowest BCUT2D eigenvalue weighted by Crippen LogP contribution is -2.44. The molecule has 1 aromatic carbocycles. The van der Waals surface area contributed by atoms with Crippen molar-refractivity contribution in [2.45, 2.75) is 19.8 Å². The molecule has 1 aliphatic heterocycles. The summed E-state index contributed by atoms with van der Waals surface area (Å²) >= 11 is 0. The Labute approximate surface area is 121 Å². The maximum Gasteiger partial charge on any atom is 0.301 e. The van der Waals surface area contributed by atoms with Crippen molar-refractivity contribution in [2.24, 2.45) is 5.92 Å². The van der Waals surface area contributed by atoms with Gasteiger partial charge in [-0.1, -0.05) is 12.1 Å². The van der Waals surface area contributed by atoms with E-state index in [2.05, 4.69) is 10.0 Å². The van der Waals surface area contributed by atoms with E-state index in [1.807, 2.05) is 32.2 Å². The minimum absolute atomic E-state index is 0.392. The topological polar surface area (TPSA) is 61.4 Å². The van der Waals surface area contributed by atoms with Crippen molar-refractivity contribution >= 4 is 15.9 Å². The summed E-state index contributed by atoms with van der Waals surface area (Å²) in [5.41, 5.74) is 1.66. The van der Waals surface area contributed by atoms with Crippen LogP contribution in [-0.2, 0) is 10.2 Å². The van der Waals surface area contributed by atoms with Gasteiger partial charge in [-0.3, -0.25) is 4.72 Å². The van der Waals surface area contributed by atoms with E-state index >= 15 is 0 Å². The first-order chi connectivity index (χ1) is 9.51. The van der Waals surface area contributed by atoms with Crippen molar-refractivity contribution in [2.75, 3.05) is 31.4 Å². The van der Waals surface area contributed by atoms with Gasteiger partial charge in [-0.2, -0.15) is 12.7 Å². The number of hydrogen-bond acceptors (Lipinski definition) is 3. The standard InChI is InChI=1S/C14H23N3O2S/c1-12-5-3-7-14(9-12)16-20(18,19)17-8-4-6-13(11-17)10-15-2/h3,5,7,9,13,15-16H,4,6,8,10-11H2,1-2H3. The van der Waals surface area contributed by atoms with Crippen molar-refractivity contribution in [3.05, 3.63) is 29.8 Å². The van der Waals surface area contributed by atoms with Gasteiger partial charge in [0.05, 0.1) is 5.69 Å². The SMILES string of the molecule is CNCC1CCCN(S(=O)(=O)Nc2cccc(C)c2)C1. The molecular formula is C14H23N3O2S. The molecule has 1 heterocycles. The van der Waals surface area contributed by atoms with Crippen molar-refractivity contribution in [3.63, 3.8) is 0 Å². The minimum atomic E-state index is -3.45. The second-order valence-electron chi connectivity index (χ2n) is 5.40. The minimum Gasteiger partial charge on any atom is -0.319 e. The number of benzene rings is 1. The van der Waals surface area contributed by atoms with E-state index in [4.69, 9.17) is 0 Å². The molecule has 0 radical (unpaired) electrons. The molecule has 1 aliphatic rings. The molecule has 0 amide bonds. The fourth-order valence-electron chi connectivity index (χ4n) is 2.62. The van der Waals surface area contributed by atoms with E-state index in [0.717, 1.165) is 24.9 Å². The smallest absolute Gasteiger partial charge is 0.301 e. The van der Waals surface area contributed by atoms with Gasteiger partial charge in [0.25, 0.3) is 0 Å². The summed E-state index contributed by atoms with van der Waals surface area (Å²) in [6.07, 6.45) is 2.00. The first-order valence-electron chi connectivity index (χ1n) is 7.00. The highest BCUT2D eigenvalue weighted by Gasteiger charge is 2.28. The van der Waals surface area contributed by atoms with Gasteiger partial charge in [0.2, 0.25) is 0 Å². The summed E-state index contributed by atoms with van der Waals surface area (Å²) in [5.74, 6) is 0.392. The van der Waals surface area contributed by atoms with Gasteiger partial charge in [0, 0.05) is 13.1 Å². The van der Waals surface area contributed by atoms with Crippen molar-refractivity contribution in [3.8, 4) is 0 Å². The molecule has 1 saturated heterocycles. The Bertz CT molecular complexity index is 543. The van der Waals surface area contributed by atoms with Crippen molar-refractivity contribution < 1.29 is 8.42 Å². The van der Waals surface area contributed by atoms with Crippen LogP contribution in [0.5, 0.6) is 0 Å². The lowest BCUT2D eigenvalue weighted by Gasteiger charge is -2.31. The molecule has 1 unspecified atom stereocenters. The molecule has 0 saturated carbocycles. The molecule has 5 nitrogen and oxygen atoms in total. The molecule has 0 bridgehead atoms. The quantitative estimate of drug-likeness (QED) is 0.867. The molecular weight excluding hydrogens is 274 g/mol. The Morgan fingerprint density at radius 1 is 1.40 bits per heavy atom. The Hall–Kier alpha value is -1.11. The summed E-state index contributed by atoms with van der Waals surface area (Å²) in [7, 11) is -1.55. The zero-order valence-electron chi connectivity index (χ0n) is 12.1. The van der Waals surface area contributed by atoms with Crippen LogP contribution < -0.4 is 10.0 Å². The summed E-state index contributed by atoms with van der Waals surface area (Å²) in [6.45, 7) is 3.99. The van der Waals surface area contributed by atoms with Crippen molar-refractivity contribution in [1.29, 1.82) is 0 Å². The maximum atomic E-state index is 12.4. The normalized spacial score (nSPS) is 20.8. The largest absolute Gasteiger partial charge is 0.319 e. The third-order valence-electron chi connectivity index (χ3n) is 3.58. The predicted octanol–water partition coefficient (Wildman–Crippen LogP) is 1.58. The molecule has 1 atom stereocenters. The van der Waals surface area contributed by atoms with Crippen LogP contribution in [0.2, 0.25) is 0 Å². The summed E-state index contributed by atoms with van der Waals surface area (Å²) < 4.78 is 29.0. The Morgan fingerprint density at radius 3 is 2.90 bits per heavy atom. The molecule has 0 aliphatic carbocycles. The maximum absolute atomic E-state index is 12.4. The van der Waals surface area contributed by atoms with Crippen LogP contribution in [0, 0.1) is 12.8 Å². The average molecular weight is 297 g/mol. The van der Waals surface area contributed by atoms with E-state index in [-0.39, 0.29) is 0 Å². The first kappa shape index (κ1) is 15.3. The average Bonchev–Trinajstić information content (AvgIpc) is 2.39. The van der Waals surface area contributed by atoms with Crippen LogP contribution in [0.15, 0.2) is 24.3 Å². The molecule has 20 heavy (non-hydrogen) atoms. The lowest BCUT2D eigenvalue weighted by molar-refractivity contribution is 0.264. The van der Waals surface area contributed by atoms with E-state index in [9.17, 15) is 8.42 Å². The van der Waals surface area contributed by atoms with Gasteiger partial charge in [-0.05, 0) is 57.0 Å². The second kappa shape index (κ2) is 6.56. The van der Waals surface area contributed by atoms with Gasteiger partial charge in [-0.25, -0.2) is 0 Å². The fraction of sp³-hybridized carbons (Fsp3) is 0.571. The van der Waals surface area contributed by atoms with Crippen LogP contribution in [0.1, 0.15) is 18.4 Å². The zero-order valence-corrected chi connectivity index (χ0v) is 12.9. The Balaban J connectivity index is 2.06. The van der Waals surface area contributed by atoms with E-state index in [0.29, 0.717) is 24.7 Å². The molecule has 6 heteroatoms. The number of rotatable bonds is 5. The number of nitrogens with one attached hydrogen (secondary N) is 2. The van der Waals surface area contributed by atoms with Gasteiger partial charge in [-0.15, -0.1) is 0 Å². The van der Waals surface area contributed by atoms with E-state index < -0.39 is 10.2 Å². The van der Waals surface area contributed by atoms with Gasteiger partial charge >= 0.3 is 10.2 Å². The Kier molecular flexibility index (Phi) is 5.01. The van der Waals surface area contributed by atoms with E-state index in [1.54, 1.807) is 10.4 Å². The number of piperidine rings is 1. The lowest BCUT2D eigenvalue weighted by atomic mass is 10.00.